The highest BCUT2D eigenvalue weighted by atomic mass is 35.5. The molecule has 2 amide bonds. The molecule has 0 radical (unpaired) electrons. The molecule has 7 nitrogen and oxygen atoms in total. The van der Waals surface area contributed by atoms with E-state index in [9.17, 15) is 9.59 Å². The van der Waals surface area contributed by atoms with Crippen molar-refractivity contribution >= 4 is 46.3 Å². The van der Waals surface area contributed by atoms with Crippen molar-refractivity contribution in [3.8, 4) is 28.4 Å². The van der Waals surface area contributed by atoms with E-state index < -0.39 is 0 Å². The molecular weight excluding hydrogens is 546 g/mol. The SMILES string of the molecule is CC(Oc1ccc(CC2SC(=O)NC2=O)cc1)c1nc2ccc(Oc3ccccc3-c3ccccc3)cc2[nH]1.Cl. The van der Waals surface area contributed by atoms with Gasteiger partial charge in [0.2, 0.25) is 5.91 Å². The van der Waals surface area contributed by atoms with Crippen LogP contribution in [0.3, 0.4) is 0 Å². The highest BCUT2D eigenvalue weighted by Gasteiger charge is 2.31. The molecule has 9 heteroatoms. The van der Waals surface area contributed by atoms with E-state index >= 15 is 0 Å². The molecule has 1 aliphatic heterocycles. The van der Waals surface area contributed by atoms with E-state index in [0.29, 0.717) is 23.7 Å². The summed E-state index contributed by atoms with van der Waals surface area (Å²) in [5, 5.41) is 1.64. The fraction of sp³-hybridized carbons (Fsp3) is 0.129. The van der Waals surface area contributed by atoms with E-state index in [1.807, 2.05) is 85.8 Å². The van der Waals surface area contributed by atoms with Crippen LogP contribution in [0.25, 0.3) is 22.2 Å². The van der Waals surface area contributed by atoms with Crippen LogP contribution in [0.5, 0.6) is 17.2 Å². The molecule has 1 fully saturated rings. The van der Waals surface area contributed by atoms with Crippen LogP contribution in [0.2, 0.25) is 0 Å². The predicted octanol–water partition coefficient (Wildman–Crippen LogP) is 7.48. The fourth-order valence-electron chi connectivity index (χ4n) is 4.51. The zero-order chi connectivity index (χ0) is 26.8. The Bertz CT molecular complexity index is 1660. The summed E-state index contributed by atoms with van der Waals surface area (Å²) in [7, 11) is 0. The van der Waals surface area contributed by atoms with Gasteiger partial charge in [0.05, 0.1) is 16.3 Å². The zero-order valence-electron chi connectivity index (χ0n) is 21.5. The summed E-state index contributed by atoms with van der Waals surface area (Å²) in [6.07, 6.45) is 0.169. The average Bonchev–Trinajstić information content (AvgIpc) is 3.52. The van der Waals surface area contributed by atoms with Gasteiger partial charge in [0.15, 0.2) is 6.10 Å². The molecule has 5 aromatic rings. The van der Waals surface area contributed by atoms with Crippen LogP contribution < -0.4 is 14.8 Å². The van der Waals surface area contributed by atoms with Gasteiger partial charge >= 0.3 is 0 Å². The van der Waals surface area contributed by atoms with Crippen molar-refractivity contribution in [3.63, 3.8) is 0 Å². The normalized spacial score (nSPS) is 15.4. The van der Waals surface area contributed by atoms with Gasteiger partial charge in [-0.25, -0.2) is 4.98 Å². The van der Waals surface area contributed by atoms with Crippen LogP contribution in [0, 0.1) is 0 Å². The van der Waals surface area contributed by atoms with Gasteiger partial charge in [0.25, 0.3) is 5.24 Å². The van der Waals surface area contributed by atoms with Gasteiger partial charge in [0.1, 0.15) is 23.1 Å². The number of nitrogens with zero attached hydrogens (tertiary/aromatic N) is 1. The number of para-hydroxylation sites is 1. The Hall–Kier alpha value is -4.27. The number of hydrogen-bond donors (Lipinski definition) is 2. The molecule has 0 saturated carbocycles. The minimum absolute atomic E-state index is 0. The summed E-state index contributed by atoms with van der Waals surface area (Å²) in [6, 6.07) is 31.5. The highest BCUT2D eigenvalue weighted by molar-refractivity contribution is 8.15. The number of nitrogens with one attached hydrogen (secondary N) is 2. The van der Waals surface area contributed by atoms with Crippen LogP contribution in [0.4, 0.5) is 4.79 Å². The molecule has 0 spiro atoms. The summed E-state index contributed by atoms with van der Waals surface area (Å²) < 4.78 is 12.4. The monoisotopic (exact) mass is 571 g/mol. The number of amides is 2. The first kappa shape index (κ1) is 27.3. The number of carbonyl (C=O) groups is 2. The second-order valence-corrected chi connectivity index (χ2v) is 10.4. The maximum absolute atomic E-state index is 11.8. The van der Waals surface area contributed by atoms with E-state index in [1.165, 1.54) is 0 Å². The first-order chi connectivity index (χ1) is 19.0. The fourth-order valence-corrected chi connectivity index (χ4v) is 5.37. The number of benzene rings is 4. The lowest BCUT2D eigenvalue weighted by atomic mass is 10.0. The molecule has 2 atom stereocenters. The number of imidazole rings is 1. The van der Waals surface area contributed by atoms with E-state index in [4.69, 9.17) is 14.5 Å². The molecule has 6 rings (SSSR count). The predicted molar refractivity (Wildman–Crippen MR) is 159 cm³/mol. The molecule has 1 saturated heterocycles. The third-order valence-electron chi connectivity index (χ3n) is 6.48. The van der Waals surface area contributed by atoms with E-state index in [0.717, 1.165) is 45.2 Å². The molecule has 1 aromatic heterocycles. The van der Waals surface area contributed by atoms with E-state index in [2.05, 4.69) is 28.5 Å². The van der Waals surface area contributed by atoms with Crippen LogP contribution in [-0.2, 0) is 11.2 Å². The Morgan fingerprint density at radius 1 is 0.900 bits per heavy atom. The molecule has 2 N–H and O–H groups in total. The van der Waals surface area contributed by atoms with Gasteiger partial charge in [-0.1, -0.05) is 72.4 Å². The number of aromatic amines is 1. The second-order valence-electron chi connectivity index (χ2n) is 9.26. The minimum Gasteiger partial charge on any atom is -0.483 e. The molecule has 4 aromatic carbocycles. The van der Waals surface area contributed by atoms with Gasteiger partial charge in [-0.2, -0.15) is 0 Å². The number of halogens is 1. The molecule has 0 bridgehead atoms. The molecule has 0 aliphatic carbocycles. The van der Waals surface area contributed by atoms with Crippen molar-refractivity contribution in [1.29, 1.82) is 0 Å². The molecule has 1 aliphatic rings. The standard InChI is InChI=1S/C31H25N3O4S.ClH/c1-19(37-22-13-11-20(12-14-22)17-28-30(35)34-31(36)39-28)29-32-25-16-15-23(18-26(25)33-29)38-27-10-6-5-9-24(27)21-7-3-2-4-8-21;/h2-16,18-19,28H,17H2,1H3,(H,32,33)(H,34,35,36);1H. The van der Waals surface area contributed by atoms with Crippen molar-refractivity contribution in [2.24, 2.45) is 0 Å². The lowest BCUT2D eigenvalue weighted by molar-refractivity contribution is -0.118. The van der Waals surface area contributed by atoms with Gasteiger partial charge < -0.3 is 14.5 Å². The molecule has 202 valence electrons. The van der Waals surface area contributed by atoms with Crippen molar-refractivity contribution in [2.75, 3.05) is 0 Å². The van der Waals surface area contributed by atoms with Gasteiger partial charge in [-0.3, -0.25) is 14.9 Å². The summed E-state index contributed by atoms with van der Waals surface area (Å²) in [5.41, 5.74) is 4.75. The number of fused-ring (bicyclic) bond motifs is 1. The smallest absolute Gasteiger partial charge is 0.286 e. The highest BCUT2D eigenvalue weighted by Crippen LogP contribution is 2.34. The third-order valence-corrected chi connectivity index (χ3v) is 7.46. The van der Waals surface area contributed by atoms with Crippen molar-refractivity contribution in [3.05, 3.63) is 108 Å². The van der Waals surface area contributed by atoms with Crippen molar-refractivity contribution < 1.29 is 19.1 Å². The number of rotatable bonds is 8. The van der Waals surface area contributed by atoms with Crippen molar-refractivity contribution in [1.82, 2.24) is 15.3 Å². The molecule has 40 heavy (non-hydrogen) atoms. The Balaban J connectivity index is 0.00000323. The number of imide groups is 1. The van der Waals surface area contributed by atoms with Gasteiger partial charge in [-0.15, -0.1) is 12.4 Å². The van der Waals surface area contributed by atoms with Gasteiger partial charge in [0, 0.05) is 11.6 Å². The lowest BCUT2D eigenvalue weighted by Gasteiger charge is -2.13. The van der Waals surface area contributed by atoms with Crippen molar-refractivity contribution in [2.45, 2.75) is 24.7 Å². The Labute approximate surface area is 241 Å². The zero-order valence-corrected chi connectivity index (χ0v) is 23.1. The number of hydrogen-bond acceptors (Lipinski definition) is 6. The van der Waals surface area contributed by atoms with Crippen LogP contribution >= 0.6 is 24.2 Å². The van der Waals surface area contributed by atoms with Crippen LogP contribution in [-0.4, -0.2) is 26.4 Å². The van der Waals surface area contributed by atoms with Gasteiger partial charge in [-0.05, 0) is 54.8 Å². The summed E-state index contributed by atoms with van der Waals surface area (Å²) in [6.45, 7) is 1.93. The Morgan fingerprint density at radius 3 is 2.38 bits per heavy atom. The maximum Gasteiger partial charge on any atom is 0.286 e. The minimum atomic E-state index is -0.389. The first-order valence-corrected chi connectivity index (χ1v) is 13.5. The quantitative estimate of drug-likeness (QED) is 0.200. The topological polar surface area (TPSA) is 93.3 Å². The summed E-state index contributed by atoms with van der Waals surface area (Å²) in [4.78, 5) is 31.3. The molecular formula is C31H26ClN3O4S. The molecule has 2 unspecified atom stereocenters. The summed E-state index contributed by atoms with van der Waals surface area (Å²) in [5.74, 6) is 2.64. The number of carbonyl (C=O) groups excluding carboxylic acids is 2. The summed E-state index contributed by atoms with van der Waals surface area (Å²) >= 11 is 1.03. The van der Waals surface area contributed by atoms with Crippen LogP contribution in [0.1, 0.15) is 24.4 Å². The first-order valence-electron chi connectivity index (χ1n) is 12.6. The third kappa shape index (κ3) is 5.98. The Morgan fingerprint density at radius 2 is 1.62 bits per heavy atom. The van der Waals surface area contributed by atoms with Crippen LogP contribution in [0.15, 0.2) is 97.1 Å². The average molecular weight is 572 g/mol. The second kappa shape index (κ2) is 11.9. The molecule has 2 heterocycles. The Kier molecular flexibility index (Phi) is 8.09. The number of ether oxygens (including phenoxy) is 2. The van der Waals surface area contributed by atoms with E-state index in [1.54, 1.807) is 0 Å². The number of H-pyrrole nitrogens is 1. The van der Waals surface area contributed by atoms with E-state index in [-0.39, 0.29) is 34.9 Å². The largest absolute Gasteiger partial charge is 0.483 e. The lowest BCUT2D eigenvalue weighted by Crippen LogP contribution is -2.25. The number of aromatic nitrogens is 2. The number of thioether (sulfide) groups is 1. The maximum atomic E-state index is 11.8.